The lowest BCUT2D eigenvalue weighted by atomic mass is 10.1. The van der Waals surface area contributed by atoms with E-state index >= 15 is 0 Å². The number of hydrogen-bond acceptors (Lipinski definition) is 4. The molecule has 6 heteroatoms. The summed E-state index contributed by atoms with van der Waals surface area (Å²) >= 11 is 5.26. The summed E-state index contributed by atoms with van der Waals surface area (Å²) in [5.74, 6) is 1.70. The number of ether oxygens (including phenoxy) is 2. The Hall–Kier alpha value is -1.53. The van der Waals surface area contributed by atoms with E-state index in [0.29, 0.717) is 6.79 Å². The first-order valence-corrected chi connectivity index (χ1v) is 8.24. The lowest BCUT2D eigenvalue weighted by Crippen LogP contribution is -2.50. The maximum atomic E-state index is 5.42. The molecule has 3 rings (SSSR count). The summed E-state index contributed by atoms with van der Waals surface area (Å²) in [7, 11) is 1.88. The van der Waals surface area contributed by atoms with Crippen LogP contribution in [0.2, 0.25) is 0 Å². The summed E-state index contributed by atoms with van der Waals surface area (Å²) in [6.45, 7) is 9.27. The third kappa shape index (κ3) is 4.01. The smallest absolute Gasteiger partial charge is 0.231 e. The second kappa shape index (κ2) is 8.19. The highest BCUT2D eigenvalue weighted by Crippen LogP contribution is 2.32. The minimum Gasteiger partial charge on any atom is -0.454 e. The Labute approximate surface area is 138 Å². The Balaban J connectivity index is 0.000000847. The number of hydrogen-bond donors (Lipinski definition) is 1. The number of fused-ring (bicyclic) bond motifs is 1. The molecule has 1 aromatic rings. The lowest BCUT2D eigenvalue weighted by Gasteiger charge is -2.35. The number of piperazine rings is 1. The molecule has 0 amide bonds. The maximum Gasteiger partial charge on any atom is 0.231 e. The van der Waals surface area contributed by atoms with Gasteiger partial charge in [-0.15, -0.1) is 0 Å². The Morgan fingerprint density at radius 2 is 1.82 bits per heavy atom. The molecule has 2 aliphatic rings. The largest absolute Gasteiger partial charge is 0.454 e. The Morgan fingerprint density at radius 1 is 1.14 bits per heavy atom. The Morgan fingerprint density at radius 3 is 2.50 bits per heavy atom. The molecule has 122 valence electrons. The van der Waals surface area contributed by atoms with E-state index < -0.39 is 0 Å². The van der Waals surface area contributed by atoms with Gasteiger partial charge in [-0.05, 0) is 29.9 Å². The first-order valence-electron chi connectivity index (χ1n) is 7.84. The predicted molar refractivity (Wildman–Crippen MR) is 92.4 cm³/mol. The summed E-state index contributed by atoms with van der Waals surface area (Å²) in [6, 6.07) is 6.18. The summed E-state index contributed by atoms with van der Waals surface area (Å²) in [5.41, 5.74) is 1.26. The van der Waals surface area contributed by atoms with Crippen LogP contribution >= 0.6 is 12.2 Å². The monoisotopic (exact) mass is 323 g/mol. The molecule has 2 aliphatic heterocycles. The van der Waals surface area contributed by atoms with Gasteiger partial charge in [0.05, 0.1) is 0 Å². The van der Waals surface area contributed by atoms with E-state index in [1.54, 1.807) is 0 Å². The summed E-state index contributed by atoms with van der Waals surface area (Å²) in [5, 5.41) is 3.88. The molecule has 0 aliphatic carbocycles. The van der Waals surface area contributed by atoms with E-state index in [-0.39, 0.29) is 0 Å². The third-order valence-corrected chi connectivity index (χ3v) is 4.18. The summed E-state index contributed by atoms with van der Waals surface area (Å²) in [4.78, 5) is 4.65. The summed E-state index contributed by atoms with van der Waals surface area (Å²) in [6.07, 6.45) is 0. The van der Waals surface area contributed by atoms with Crippen LogP contribution < -0.4 is 14.8 Å². The van der Waals surface area contributed by atoms with Gasteiger partial charge in [-0.2, -0.15) is 0 Å². The van der Waals surface area contributed by atoms with Crippen molar-refractivity contribution in [3.63, 3.8) is 0 Å². The van der Waals surface area contributed by atoms with E-state index in [2.05, 4.69) is 27.2 Å². The van der Waals surface area contributed by atoms with E-state index in [1.165, 1.54) is 5.56 Å². The van der Waals surface area contributed by atoms with Gasteiger partial charge in [0.15, 0.2) is 16.6 Å². The predicted octanol–water partition coefficient (Wildman–Crippen LogP) is 2.06. The number of nitrogens with zero attached hydrogens (tertiary/aromatic N) is 2. The average Bonchev–Trinajstić information content (AvgIpc) is 3.04. The number of rotatable bonds is 2. The van der Waals surface area contributed by atoms with Gasteiger partial charge in [-0.3, -0.25) is 4.90 Å². The van der Waals surface area contributed by atoms with Crippen LogP contribution in [0.3, 0.4) is 0 Å². The standard InChI is InChI=1S/C14H19N3O2S.C2H6/c1-15-14(20)17-6-4-16(5-7-17)9-11-2-3-12-13(8-11)19-10-18-12;1-2/h2-3,8H,4-7,9-10H2,1H3,(H,15,20);1-2H3. The zero-order chi connectivity index (χ0) is 15.9. The van der Waals surface area contributed by atoms with Gasteiger partial charge >= 0.3 is 0 Å². The molecule has 22 heavy (non-hydrogen) atoms. The van der Waals surface area contributed by atoms with E-state index in [9.17, 15) is 0 Å². The highest BCUT2D eigenvalue weighted by molar-refractivity contribution is 7.80. The molecule has 0 aromatic heterocycles. The van der Waals surface area contributed by atoms with Crippen LogP contribution in [0.25, 0.3) is 0 Å². The topological polar surface area (TPSA) is 37.0 Å². The van der Waals surface area contributed by atoms with Crippen molar-refractivity contribution in [2.45, 2.75) is 20.4 Å². The minimum atomic E-state index is 0.332. The van der Waals surface area contributed by atoms with Gasteiger partial charge in [0.2, 0.25) is 6.79 Å². The quantitative estimate of drug-likeness (QED) is 0.840. The van der Waals surface area contributed by atoms with Crippen molar-refractivity contribution < 1.29 is 9.47 Å². The minimum absolute atomic E-state index is 0.332. The molecule has 0 spiro atoms. The van der Waals surface area contributed by atoms with Gasteiger partial charge in [0.1, 0.15) is 0 Å². The van der Waals surface area contributed by atoms with Crippen molar-refractivity contribution in [1.82, 2.24) is 15.1 Å². The average molecular weight is 323 g/mol. The van der Waals surface area contributed by atoms with Crippen LogP contribution in [0.5, 0.6) is 11.5 Å². The van der Waals surface area contributed by atoms with Crippen LogP contribution in [0.15, 0.2) is 18.2 Å². The highest BCUT2D eigenvalue weighted by atomic mass is 32.1. The van der Waals surface area contributed by atoms with Crippen LogP contribution in [0.4, 0.5) is 0 Å². The molecule has 0 unspecified atom stereocenters. The SMILES string of the molecule is CC.CNC(=S)N1CCN(Cc2ccc3c(c2)OCO3)CC1. The maximum absolute atomic E-state index is 5.42. The third-order valence-electron chi connectivity index (χ3n) is 3.72. The Kier molecular flexibility index (Phi) is 6.27. The highest BCUT2D eigenvalue weighted by Gasteiger charge is 2.19. The fourth-order valence-corrected chi connectivity index (χ4v) is 2.75. The van der Waals surface area contributed by atoms with Crippen LogP contribution in [-0.4, -0.2) is 54.9 Å². The molecular weight excluding hydrogens is 298 g/mol. The van der Waals surface area contributed by atoms with Crippen molar-refractivity contribution >= 4 is 17.3 Å². The number of benzene rings is 1. The van der Waals surface area contributed by atoms with Gasteiger partial charge in [0.25, 0.3) is 0 Å². The van der Waals surface area contributed by atoms with E-state index in [0.717, 1.165) is 49.3 Å². The molecule has 1 saturated heterocycles. The van der Waals surface area contributed by atoms with E-state index in [1.807, 2.05) is 27.0 Å². The fraction of sp³-hybridized carbons (Fsp3) is 0.562. The fourth-order valence-electron chi connectivity index (χ4n) is 2.56. The number of thiocarbonyl (C=S) groups is 1. The molecule has 0 radical (unpaired) electrons. The van der Waals surface area contributed by atoms with Gasteiger partial charge in [-0.25, -0.2) is 0 Å². The van der Waals surface area contributed by atoms with Crippen LogP contribution in [0.1, 0.15) is 19.4 Å². The van der Waals surface area contributed by atoms with Gasteiger partial charge in [0, 0.05) is 39.8 Å². The molecule has 0 atom stereocenters. The van der Waals surface area contributed by atoms with E-state index in [4.69, 9.17) is 21.7 Å². The zero-order valence-corrected chi connectivity index (χ0v) is 14.4. The first kappa shape index (κ1) is 16.8. The van der Waals surface area contributed by atoms with Crippen molar-refractivity contribution in [1.29, 1.82) is 0 Å². The second-order valence-corrected chi connectivity index (χ2v) is 5.39. The zero-order valence-electron chi connectivity index (χ0n) is 13.6. The first-order chi connectivity index (χ1) is 10.8. The molecular formula is C16H25N3O2S. The second-order valence-electron chi connectivity index (χ2n) is 5.01. The van der Waals surface area contributed by atoms with Crippen molar-refractivity contribution in [3.05, 3.63) is 23.8 Å². The molecule has 0 saturated carbocycles. The Bertz CT molecular complexity index is 502. The summed E-state index contributed by atoms with van der Waals surface area (Å²) < 4.78 is 10.7. The molecule has 0 bridgehead atoms. The molecule has 2 heterocycles. The molecule has 5 nitrogen and oxygen atoms in total. The number of nitrogens with one attached hydrogen (secondary N) is 1. The normalized spacial score (nSPS) is 16.8. The molecule has 1 fully saturated rings. The van der Waals surface area contributed by atoms with Gasteiger partial charge < -0.3 is 19.7 Å². The van der Waals surface area contributed by atoms with Crippen molar-refractivity contribution in [3.8, 4) is 11.5 Å². The van der Waals surface area contributed by atoms with Crippen molar-refractivity contribution in [2.24, 2.45) is 0 Å². The van der Waals surface area contributed by atoms with Crippen molar-refractivity contribution in [2.75, 3.05) is 40.0 Å². The van der Waals surface area contributed by atoms with Gasteiger partial charge in [-0.1, -0.05) is 19.9 Å². The van der Waals surface area contributed by atoms with Crippen LogP contribution in [0, 0.1) is 0 Å². The molecule has 1 aromatic carbocycles. The van der Waals surface area contributed by atoms with Crippen LogP contribution in [-0.2, 0) is 6.54 Å². The lowest BCUT2D eigenvalue weighted by molar-refractivity contribution is 0.172. The molecule has 1 N–H and O–H groups in total.